The van der Waals surface area contributed by atoms with Gasteiger partial charge in [0.2, 0.25) is 11.9 Å². The van der Waals surface area contributed by atoms with E-state index in [1.54, 1.807) is 18.2 Å². The van der Waals surface area contributed by atoms with Crippen molar-refractivity contribution >= 4 is 35.1 Å². The molecule has 2 N–H and O–H groups in total. The van der Waals surface area contributed by atoms with Crippen LogP contribution >= 0.6 is 23.2 Å². The van der Waals surface area contributed by atoms with Gasteiger partial charge in [-0.25, -0.2) is 4.98 Å². The first kappa shape index (κ1) is 17.8. The number of hydrogen-bond acceptors (Lipinski definition) is 4. The number of anilines is 1. The third-order valence-electron chi connectivity index (χ3n) is 4.00. The Morgan fingerprint density at radius 1 is 1.20 bits per heavy atom. The fraction of sp³-hybridized carbons (Fsp3) is 0.353. The molecule has 6 nitrogen and oxygen atoms in total. The van der Waals surface area contributed by atoms with Gasteiger partial charge < -0.3 is 10.2 Å². The van der Waals surface area contributed by atoms with Crippen LogP contribution in [0.4, 0.5) is 5.95 Å². The summed E-state index contributed by atoms with van der Waals surface area (Å²) in [6.07, 6.45) is 2.36. The van der Waals surface area contributed by atoms with E-state index in [1.807, 2.05) is 4.90 Å². The number of benzene rings is 1. The average Bonchev–Trinajstić information content (AvgIpc) is 3.10. The number of aromatic nitrogens is 2. The predicted octanol–water partition coefficient (Wildman–Crippen LogP) is 2.54. The molecule has 0 saturated carbocycles. The van der Waals surface area contributed by atoms with E-state index in [-0.39, 0.29) is 24.4 Å². The lowest BCUT2D eigenvalue weighted by molar-refractivity contribution is -0.120. The highest BCUT2D eigenvalue weighted by atomic mass is 35.5. The number of nitrogens with zero attached hydrogens (tertiary/aromatic N) is 2. The van der Waals surface area contributed by atoms with Gasteiger partial charge in [0.05, 0.1) is 28.7 Å². The summed E-state index contributed by atoms with van der Waals surface area (Å²) in [7, 11) is 0. The smallest absolute Gasteiger partial charge is 0.252 e. The Morgan fingerprint density at radius 3 is 2.68 bits per heavy atom. The van der Waals surface area contributed by atoms with Crippen molar-refractivity contribution in [3.63, 3.8) is 0 Å². The van der Waals surface area contributed by atoms with Crippen molar-refractivity contribution < 1.29 is 4.79 Å². The second kappa shape index (κ2) is 7.89. The van der Waals surface area contributed by atoms with Gasteiger partial charge in [0.25, 0.3) is 5.56 Å². The number of rotatable bonds is 5. The zero-order chi connectivity index (χ0) is 17.8. The Kier molecular flexibility index (Phi) is 5.60. The maximum Gasteiger partial charge on any atom is 0.252 e. The summed E-state index contributed by atoms with van der Waals surface area (Å²) in [5.74, 6) is 0.391. The minimum Gasteiger partial charge on any atom is -0.350 e. The molecule has 0 unspecified atom stereocenters. The normalized spacial score (nSPS) is 13.9. The molecular weight excluding hydrogens is 363 g/mol. The maximum atomic E-state index is 12.1. The van der Waals surface area contributed by atoms with Crippen molar-refractivity contribution in [3.05, 3.63) is 55.9 Å². The van der Waals surface area contributed by atoms with E-state index in [1.165, 1.54) is 6.07 Å². The van der Waals surface area contributed by atoms with Crippen molar-refractivity contribution in [3.8, 4) is 0 Å². The van der Waals surface area contributed by atoms with Crippen LogP contribution in [0.15, 0.2) is 29.1 Å². The van der Waals surface area contributed by atoms with Gasteiger partial charge in [0.1, 0.15) is 0 Å². The lowest BCUT2D eigenvalue weighted by atomic mass is 10.1. The third kappa shape index (κ3) is 4.74. The van der Waals surface area contributed by atoms with E-state index in [4.69, 9.17) is 23.2 Å². The minimum absolute atomic E-state index is 0.178. The number of halogens is 2. The number of nitrogens with one attached hydrogen (secondary N) is 2. The molecule has 1 aromatic heterocycles. The van der Waals surface area contributed by atoms with Crippen molar-refractivity contribution in [1.29, 1.82) is 0 Å². The molecule has 0 radical (unpaired) electrons. The predicted molar refractivity (Wildman–Crippen MR) is 98.3 cm³/mol. The second-order valence-electron chi connectivity index (χ2n) is 5.96. The van der Waals surface area contributed by atoms with Crippen LogP contribution in [-0.4, -0.2) is 29.0 Å². The molecule has 1 saturated heterocycles. The molecule has 0 aliphatic carbocycles. The minimum atomic E-state index is -0.217. The van der Waals surface area contributed by atoms with Crippen LogP contribution in [0.1, 0.15) is 24.1 Å². The Labute approximate surface area is 155 Å². The van der Waals surface area contributed by atoms with Crippen molar-refractivity contribution in [2.75, 3.05) is 18.0 Å². The molecule has 3 rings (SSSR count). The third-order valence-corrected chi connectivity index (χ3v) is 4.74. The molecule has 1 aromatic carbocycles. The molecular formula is C17H18Cl2N4O2. The fourth-order valence-electron chi connectivity index (χ4n) is 2.75. The maximum absolute atomic E-state index is 12.1. The van der Waals surface area contributed by atoms with Crippen LogP contribution in [0.25, 0.3) is 0 Å². The van der Waals surface area contributed by atoms with Gasteiger partial charge in [-0.05, 0) is 30.5 Å². The quantitative estimate of drug-likeness (QED) is 0.835. The van der Waals surface area contributed by atoms with E-state index in [2.05, 4.69) is 15.3 Å². The van der Waals surface area contributed by atoms with Gasteiger partial charge >= 0.3 is 0 Å². The largest absolute Gasteiger partial charge is 0.350 e. The topological polar surface area (TPSA) is 78.1 Å². The van der Waals surface area contributed by atoms with Crippen LogP contribution in [-0.2, 0) is 17.8 Å². The van der Waals surface area contributed by atoms with E-state index >= 15 is 0 Å². The molecule has 1 aliphatic rings. The number of carbonyl (C=O) groups is 1. The number of aromatic amines is 1. The summed E-state index contributed by atoms with van der Waals surface area (Å²) in [4.78, 5) is 33.1. The number of amides is 1. The molecule has 0 bridgehead atoms. The van der Waals surface area contributed by atoms with Gasteiger partial charge in [0, 0.05) is 19.2 Å². The first-order valence-electron chi connectivity index (χ1n) is 8.07. The Balaban J connectivity index is 1.61. The van der Waals surface area contributed by atoms with Gasteiger partial charge in [-0.1, -0.05) is 29.3 Å². The number of hydrogen-bond donors (Lipinski definition) is 2. The Morgan fingerprint density at radius 2 is 1.96 bits per heavy atom. The highest BCUT2D eigenvalue weighted by Crippen LogP contribution is 2.22. The molecule has 1 amide bonds. The zero-order valence-corrected chi connectivity index (χ0v) is 15.0. The zero-order valence-electron chi connectivity index (χ0n) is 13.5. The van der Waals surface area contributed by atoms with Crippen LogP contribution in [0.2, 0.25) is 10.0 Å². The number of carbonyl (C=O) groups excluding carboxylic acids is 1. The summed E-state index contributed by atoms with van der Waals surface area (Å²) in [6, 6.07) is 6.48. The molecule has 1 aliphatic heterocycles. The Bertz CT molecular complexity index is 832. The van der Waals surface area contributed by atoms with E-state index in [9.17, 15) is 9.59 Å². The fourth-order valence-corrected chi connectivity index (χ4v) is 3.07. The first-order chi connectivity index (χ1) is 12.0. The molecule has 0 spiro atoms. The highest BCUT2D eigenvalue weighted by Gasteiger charge is 2.15. The lowest BCUT2D eigenvalue weighted by Gasteiger charge is -2.16. The molecule has 25 heavy (non-hydrogen) atoms. The SMILES string of the molecule is O=C(Cc1ccc(Cl)c(Cl)c1)NCc1cc(=O)[nH]c(N2CCCC2)n1. The van der Waals surface area contributed by atoms with Gasteiger partial charge in [0.15, 0.2) is 0 Å². The van der Waals surface area contributed by atoms with E-state index in [0.29, 0.717) is 21.7 Å². The second-order valence-corrected chi connectivity index (χ2v) is 6.77. The summed E-state index contributed by atoms with van der Waals surface area (Å²) in [5.41, 5.74) is 1.09. The highest BCUT2D eigenvalue weighted by molar-refractivity contribution is 6.42. The van der Waals surface area contributed by atoms with Crippen LogP contribution in [0, 0.1) is 0 Å². The van der Waals surface area contributed by atoms with E-state index in [0.717, 1.165) is 31.5 Å². The average molecular weight is 381 g/mol. The van der Waals surface area contributed by atoms with E-state index < -0.39 is 0 Å². The molecule has 132 valence electrons. The van der Waals surface area contributed by atoms with Crippen LogP contribution in [0.5, 0.6) is 0 Å². The van der Waals surface area contributed by atoms with Gasteiger partial charge in [-0.2, -0.15) is 0 Å². The monoisotopic (exact) mass is 380 g/mol. The molecule has 2 heterocycles. The molecule has 2 aromatic rings. The Hall–Kier alpha value is -2.05. The van der Waals surface area contributed by atoms with Gasteiger partial charge in [-0.15, -0.1) is 0 Å². The van der Waals surface area contributed by atoms with Crippen molar-refractivity contribution in [1.82, 2.24) is 15.3 Å². The standard InChI is InChI=1S/C17H18Cl2N4O2/c18-13-4-3-11(7-14(13)19)8-15(24)20-10-12-9-16(25)22-17(21-12)23-5-1-2-6-23/h3-4,7,9H,1-2,5-6,8,10H2,(H,20,24)(H,21,22,25). The summed E-state index contributed by atoms with van der Waals surface area (Å²) < 4.78 is 0. The summed E-state index contributed by atoms with van der Waals surface area (Å²) in [6.45, 7) is 1.97. The van der Waals surface area contributed by atoms with Crippen LogP contribution < -0.4 is 15.8 Å². The van der Waals surface area contributed by atoms with Crippen molar-refractivity contribution in [2.45, 2.75) is 25.8 Å². The first-order valence-corrected chi connectivity index (χ1v) is 8.83. The number of H-pyrrole nitrogens is 1. The summed E-state index contributed by atoms with van der Waals surface area (Å²) >= 11 is 11.8. The lowest BCUT2D eigenvalue weighted by Crippen LogP contribution is -2.28. The molecule has 0 atom stereocenters. The van der Waals surface area contributed by atoms with Crippen LogP contribution in [0.3, 0.4) is 0 Å². The summed E-state index contributed by atoms with van der Waals surface area (Å²) in [5, 5.41) is 3.64. The van der Waals surface area contributed by atoms with Crippen molar-refractivity contribution in [2.24, 2.45) is 0 Å². The van der Waals surface area contributed by atoms with Gasteiger partial charge in [-0.3, -0.25) is 14.6 Å². The molecule has 8 heteroatoms. The molecule has 1 fully saturated rings.